The first-order valence-corrected chi connectivity index (χ1v) is 6.42. The molecule has 1 unspecified atom stereocenters. The van der Waals surface area contributed by atoms with Crippen LogP contribution in [-0.4, -0.2) is 13.7 Å². The van der Waals surface area contributed by atoms with Gasteiger partial charge in [0.05, 0.1) is 6.04 Å². The minimum Gasteiger partial charge on any atom is -0.491 e. The Morgan fingerprint density at radius 3 is 2.50 bits per heavy atom. The fourth-order valence-electron chi connectivity index (χ4n) is 1.93. The molecule has 0 aliphatic rings. The van der Waals surface area contributed by atoms with Gasteiger partial charge in [0.15, 0.2) is 0 Å². The molecule has 0 aromatic heterocycles. The molecule has 0 aliphatic carbocycles. The maximum atomic E-state index is 13.7. The molecule has 0 amide bonds. The molecule has 0 aliphatic heterocycles. The van der Waals surface area contributed by atoms with Crippen molar-refractivity contribution >= 4 is 0 Å². The van der Waals surface area contributed by atoms with Gasteiger partial charge in [-0.25, -0.2) is 8.78 Å². The monoisotopic (exact) mass is 277 g/mol. The van der Waals surface area contributed by atoms with Crippen LogP contribution in [-0.2, 0) is 0 Å². The molecule has 4 heteroatoms. The first-order valence-electron chi connectivity index (χ1n) is 6.42. The third-order valence-electron chi connectivity index (χ3n) is 3.19. The van der Waals surface area contributed by atoms with E-state index in [1.807, 2.05) is 0 Å². The van der Waals surface area contributed by atoms with Crippen LogP contribution in [0.3, 0.4) is 0 Å². The van der Waals surface area contributed by atoms with E-state index in [4.69, 9.17) is 4.74 Å². The number of nitrogens with one attached hydrogen (secondary N) is 1. The van der Waals surface area contributed by atoms with E-state index in [9.17, 15) is 8.78 Å². The Labute approximate surface area is 117 Å². The fourth-order valence-corrected chi connectivity index (χ4v) is 1.93. The maximum Gasteiger partial charge on any atom is 0.129 e. The summed E-state index contributed by atoms with van der Waals surface area (Å²) in [6, 6.07) is 10.9. The molecular formula is C16H17F2NO. The van der Waals surface area contributed by atoms with Crippen molar-refractivity contribution in [1.82, 2.24) is 5.32 Å². The second-order valence-electron chi connectivity index (χ2n) is 4.58. The Balaban J connectivity index is 2.08. The van der Waals surface area contributed by atoms with Gasteiger partial charge in [0, 0.05) is 11.6 Å². The molecule has 0 heterocycles. The van der Waals surface area contributed by atoms with Crippen molar-refractivity contribution in [2.75, 3.05) is 13.7 Å². The highest BCUT2D eigenvalue weighted by atomic mass is 19.1. The van der Waals surface area contributed by atoms with Crippen molar-refractivity contribution in [2.24, 2.45) is 0 Å². The molecule has 20 heavy (non-hydrogen) atoms. The molecule has 0 fully saturated rings. The molecule has 1 N–H and O–H groups in total. The van der Waals surface area contributed by atoms with E-state index < -0.39 is 0 Å². The second-order valence-corrected chi connectivity index (χ2v) is 4.58. The molecule has 2 aromatic rings. The molecule has 2 rings (SSSR count). The molecule has 1 atom stereocenters. The second kappa shape index (κ2) is 6.48. The number of likely N-dealkylation sites (N-methyl/N-ethyl adjacent to an activating group) is 1. The van der Waals surface area contributed by atoms with Crippen molar-refractivity contribution in [3.05, 3.63) is 65.2 Å². The minimum atomic E-state index is -0.311. The molecule has 0 bridgehead atoms. The lowest BCUT2D eigenvalue weighted by molar-refractivity contribution is 0.268. The summed E-state index contributed by atoms with van der Waals surface area (Å²) in [6.07, 6.45) is 0. The highest BCUT2D eigenvalue weighted by molar-refractivity contribution is 5.28. The number of hydrogen-bond donors (Lipinski definition) is 1. The van der Waals surface area contributed by atoms with Crippen LogP contribution in [0.1, 0.15) is 17.2 Å². The first-order chi connectivity index (χ1) is 9.61. The number of rotatable bonds is 5. The van der Waals surface area contributed by atoms with Gasteiger partial charge in [0.2, 0.25) is 0 Å². The zero-order valence-corrected chi connectivity index (χ0v) is 11.5. The lowest BCUT2D eigenvalue weighted by Gasteiger charge is -2.18. The third kappa shape index (κ3) is 3.33. The van der Waals surface area contributed by atoms with Gasteiger partial charge < -0.3 is 10.1 Å². The molecule has 0 saturated heterocycles. The number of hydrogen-bond acceptors (Lipinski definition) is 2. The van der Waals surface area contributed by atoms with Crippen molar-refractivity contribution in [3.8, 4) is 5.75 Å². The van der Waals surface area contributed by atoms with E-state index in [-0.39, 0.29) is 24.3 Å². The summed E-state index contributed by atoms with van der Waals surface area (Å²) >= 11 is 0. The Morgan fingerprint density at radius 2 is 1.85 bits per heavy atom. The molecule has 106 valence electrons. The average molecular weight is 277 g/mol. The molecule has 2 nitrogen and oxygen atoms in total. The van der Waals surface area contributed by atoms with Crippen molar-refractivity contribution < 1.29 is 13.5 Å². The van der Waals surface area contributed by atoms with Gasteiger partial charge in [-0.3, -0.25) is 0 Å². The summed E-state index contributed by atoms with van der Waals surface area (Å²) in [5.41, 5.74) is 1.10. The smallest absolute Gasteiger partial charge is 0.129 e. The van der Waals surface area contributed by atoms with Crippen LogP contribution in [0.4, 0.5) is 8.78 Å². The van der Waals surface area contributed by atoms with Gasteiger partial charge in [-0.1, -0.05) is 24.3 Å². The number of aryl methyl sites for hydroxylation is 1. The lowest BCUT2D eigenvalue weighted by atomic mass is 10.1. The van der Waals surface area contributed by atoms with E-state index in [1.165, 1.54) is 12.1 Å². The molecular weight excluding hydrogens is 260 g/mol. The Morgan fingerprint density at radius 1 is 1.10 bits per heavy atom. The molecule has 0 radical (unpaired) electrons. The third-order valence-corrected chi connectivity index (χ3v) is 3.19. The highest BCUT2D eigenvalue weighted by Crippen LogP contribution is 2.20. The predicted molar refractivity (Wildman–Crippen MR) is 74.8 cm³/mol. The summed E-state index contributed by atoms with van der Waals surface area (Å²) < 4.78 is 32.7. The predicted octanol–water partition coefficient (Wildman–Crippen LogP) is 3.61. The van der Waals surface area contributed by atoms with Crippen LogP contribution in [0.25, 0.3) is 0 Å². The van der Waals surface area contributed by atoms with Crippen LogP contribution < -0.4 is 10.1 Å². The van der Waals surface area contributed by atoms with E-state index >= 15 is 0 Å². The largest absolute Gasteiger partial charge is 0.491 e. The van der Waals surface area contributed by atoms with Crippen molar-refractivity contribution in [1.29, 1.82) is 0 Å². The fraction of sp³-hybridized carbons (Fsp3) is 0.250. The van der Waals surface area contributed by atoms with E-state index in [0.717, 1.165) is 0 Å². The van der Waals surface area contributed by atoms with Gasteiger partial charge in [0.1, 0.15) is 24.0 Å². The van der Waals surface area contributed by atoms with Gasteiger partial charge in [-0.15, -0.1) is 0 Å². The first kappa shape index (κ1) is 14.5. The van der Waals surface area contributed by atoms with E-state index in [0.29, 0.717) is 16.9 Å². The summed E-state index contributed by atoms with van der Waals surface area (Å²) in [5.74, 6) is -0.162. The molecule has 0 spiro atoms. The van der Waals surface area contributed by atoms with Crippen molar-refractivity contribution in [3.63, 3.8) is 0 Å². The molecule has 0 saturated carbocycles. The SMILES string of the molecule is CNC(COc1ccc(C)c(F)c1)c1ccccc1F. The van der Waals surface area contributed by atoms with Gasteiger partial charge in [-0.2, -0.15) is 0 Å². The van der Waals surface area contributed by atoms with Crippen LogP contribution >= 0.6 is 0 Å². The normalized spacial score (nSPS) is 12.2. The summed E-state index contributed by atoms with van der Waals surface area (Å²) in [4.78, 5) is 0. The van der Waals surface area contributed by atoms with Crippen molar-refractivity contribution in [2.45, 2.75) is 13.0 Å². The quantitative estimate of drug-likeness (QED) is 0.901. The van der Waals surface area contributed by atoms with Gasteiger partial charge >= 0.3 is 0 Å². The number of ether oxygens (including phenoxy) is 1. The van der Waals surface area contributed by atoms with Crippen LogP contribution in [0.2, 0.25) is 0 Å². The zero-order valence-electron chi connectivity index (χ0n) is 11.5. The Kier molecular flexibility index (Phi) is 4.69. The Bertz CT molecular complexity index is 586. The highest BCUT2D eigenvalue weighted by Gasteiger charge is 2.14. The number of halogens is 2. The summed E-state index contributed by atoms with van der Waals surface area (Å²) in [5, 5.41) is 3.00. The zero-order chi connectivity index (χ0) is 14.5. The maximum absolute atomic E-state index is 13.7. The molecule has 2 aromatic carbocycles. The van der Waals surface area contributed by atoms with Gasteiger partial charge in [-0.05, 0) is 31.7 Å². The van der Waals surface area contributed by atoms with Gasteiger partial charge in [0.25, 0.3) is 0 Å². The lowest BCUT2D eigenvalue weighted by Crippen LogP contribution is -2.24. The standard InChI is InChI=1S/C16H17F2NO/c1-11-7-8-12(9-15(11)18)20-10-16(19-2)13-5-3-4-6-14(13)17/h3-9,16,19H,10H2,1-2H3. The Hall–Kier alpha value is -1.94. The number of benzene rings is 2. The minimum absolute atomic E-state index is 0.222. The van der Waals surface area contributed by atoms with E-state index in [2.05, 4.69) is 5.32 Å². The van der Waals surface area contributed by atoms with Crippen LogP contribution in [0, 0.1) is 18.6 Å². The summed E-state index contributed by atoms with van der Waals surface area (Å²) in [6.45, 7) is 1.91. The average Bonchev–Trinajstić information content (AvgIpc) is 2.45. The van der Waals surface area contributed by atoms with E-state index in [1.54, 1.807) is 44.3 Å². The topological polar surface area (TPSA) is 21.3 Å². The van der Waals surface area contributed by atoms with Crippen LogP contribution in [0.5, 0.6) is 5.75 Å². The van der Waals surface area contributed by atoms with Crippen LogP contribution in [0.15, 0.2) is 42.5 Å². The summed E-state index contributed by atoms with van der Waals surface area (Å²) in [7, 11) is 1.73.